The van der Waals surface area contributed by atoms with Crippen LogP contribution in [0.25, 0.3) is 10.9 Å². The highest BCUT2D eigenvalue weighted by atomic mass is 16.5. The minimum atomic E-state index is -0.164. The lowest BCUT2D eigenvalue weighted by Crippen LogP contribution is -2.33. The Bertz CT molecular complexity index is 672. The molecule has 2 heterocycles. The van der Waals surface area contributed by atoms with E-state index in [9.17, 15) is 9.59 Å². The Morgan fingerprint density at radius 2 is 1.95 bits per heavy atom. The molecule has 6 nitrogen and oxygen atoms in total. The molecule has 0 fully saturated rings. The van der Waals surface area contributed by atoms with Gasteiger partial charge in [-0.3, -0.25) is 9.59 Å². The first-order valence-corrected chi connectivity index (χ1v) is 7.20. The summed E-state index contributed by atoms with van der Waals surface area (Å²) >= 11 is 0. The van der Waals surface area contributed by atoms with E-state index in [1.807, 2.05) is 36.7 Å². The third kappa shape index (κ3) is 3.52. The molecule has 6 heteroatoms. The van der Waals surface area contributed by atoms with Crippen molar-refractivity contribution in [2.45, 2.75) is 26.9 Å². The molecule has 0 saturated heterocycles. The number of ether oxygens (including phenoxy) is 1. The van der Waals surface area contributed by atoms with Crippen molar-refractivity contribution in [2.75, 3.05) is 19.8 Å². The van der Waals surface area contributed by atoms with Crippen molar-refractivity contribution in [1.29, 1.82) is 0 Å². The normalized spacial score (nSPS) is 11.0. The maximum atomic E-state index is 12.4. The average molecular weight is 291 g/mol. The fourth-order valence-corrected chi connectivity index (χ4v) is 2.25. The number of carbonyl (C=O) groups excluding carboxylic acids is 1. The lowest BCUT2D eigenvalue weighted by Gasteiger charge is -2.09. The minimum Gasteiger partial charge on any atom is -0.372 e. The van der Waals surface area contributed by atoms with Crippen molar-refractivity contribution in [2.24, 2.45) is 0 Å². The van der Waals surface area contributed by atoms with Crippen molar-refractivity contribution in [1.82, 2.24) is 14.5 Å². The number of fused-ring (bicyclic) bond motifs is 1. The van der Waals surface area contributed by atoms with Gasteiger partial charge in [-0.25, -0.2) is 0 Å². The molecule has 0 aliphatic heterocycles. The Morgan fingerprint density at radius 3 is 2.62 bits per heavy atom. The number of aromatic nitrogens is 2. The molecule has 0 spiro atoms. The quantitative estimate of drug-likeness (QED) is 0.827. The van der Waals surface area contributed by atoms with E-state index < -0.39 is 0 Å². The number of carbonyl (C=O) groups is 1. The van der Waals surface area contributed by atoms with E-state index in [1.165, 1.54) is 0 Å². The van der Waals surface area contributed by atoms with E-state index in [2.05, 4.69) is 5.32 Å². The first-order valence-electron chi connectivity index (χ1n) is 7.20. The topological polar surface area (TPSA) is 65.3 Å². The molecule has 1 N–H and O–H groups in total. The lowest BCUT2D eigenvalue weighted by molar-refractivity contribution is -0.125. The van der Waals surface area contributed by atoms with E-state index in [-0.39, 0.29) is 18.1 Å². The minimum absolute atomic E-state index is 0.0293. The van der Waals surface area contributed by atoms with Crippen LogP contribution in [-0.4, -0.2) is 34.8 Å². The number of pyridine rings is 1. The summed E-state index contributed by atoms with van der Waals surface area (Å²) < 4.78 is 8.57. The molecule has 21 heavy (non-hydrogen) atoms. The molecule has 2 aromatic heterocycles. The SMILES string of the molecule is CCOCC(=O)NCCn1ccc2ccn(CC)c2c1=O. The maximum absolute atomic E-state index is 12.4. The molecule has 2 rings (SSSR count). The average Bonchev–Trinajstić information content (AvgIpc) is 2.91. The molecule has 1 amide bonds. The molecule has 0 aliphatic carbocycles. The van der Waals surface area contributed by atoms with Crippen LogP contribution in [0.1, 0.15) is 13.8 Å². The van der Waals surface area contributed by atoms with Crippen LogP contribution in [0.5, 0.6) is 0 Å². The predicted molar refractivity (Wildman–Crippen MR) is 81.4 cm³/mol. The molecule has 2 aromatic rings. The summed E-state index contributed by atoms with van der Waals surface area (Å²) in [7, 11) is 0. The molecule has 114 valence electrons. The van der Waals surface area contributed by atoms with Gasteiger partial charge >= 0.3 is 0 Å². The molecule has 0 saturated carbocycles. The monoisotopic (exact) mass is 291 g/mol. The zero-order valence-corrected chi connectivity index (χ0v) is 12.5. The van der Waals surface area contributed by atoms with Crippen LogP contribution in [0.3, 0.4) is 0 Å². The van der Waals surface area contributed by atoms with Gasteiger partial charge in [0.05, 0.1) is 0 Å². The van der Waals surface area contributed by atoms with Crippen LogP contribution in [0.4, 0.5) is 0 Å². The Balaban J connectivity index is 2.04. The van der Waals surface area contributed by atoms with E-state index in [1.54, 1.807) is 10.8 Å². The molecule has 0 aromatic carbocycles. The Hall–Kier alpha value is -2.08. The van der Waals surface area contributed by atoms with Gasteiger partial charge in [0.15, 0.2) is 0 Å². The second-order valence-corrected chi connectivity index (χ2v) is 4.71. The van der Waals surface area contributed by atoms with Gasteiger partial charge in [-0.05, 0) is 26.0 Å². The number of rotatable bonds is 7. The van der Waals surface area contributed by atoms with Crippen LogP contribution in [0.15, 0.2) is 29.3 Å². The van der Waals surface area contributed by atoms with E-state index in [0.717, 1.165) is 11.9 Å². The number of hydrogen-bond donors (Lipinski definition) is 1. The molecular weight excluding hydrogens is 270 g/mol. The van der Waals surface area contributed by atoms with Crippen molar-refractivity contribution in [3.63, 3.8) is 0 Å². The molecule has 0 bridgehead atoms. The number of hydrogen-bond acceptors (Lipinski definition) is 3. The zero-order chi connectivity index (χ0) is 15.2. The summed E-state index contributed by atoms with van der Waals surface area (Å²) in [6, 6.07) is 3.86. The molecule has 0 aliphatic rings. The highest BCUT2D eigenvalue weighted by molar-refractivity contribution is 5.79. The highest BCUT2D eigenvalue weighted by Gasteiger charge is 2.07. The van der Waals surface area contributed by atoms with Crippen LogP contribution in [-0.2, 0) is 22.6 Å². The van der Waals surface area contributed by atoms with Gasteiger partial charge in [0.2, 0.25) is 5.91 Å². The van der Waals surface area contributed by atoms with Crippen molar-refractivity contribution < 1.29 is 9.53 Å². The predicted octanol–water partition coefficient (Wildman–Crippen LogP) is 0.976. The highest BCUT2D eigenvalue weighted by Crippen LogP contribution is 2.10. The summed E-state index contributed by atoms with van der Waals surface area (Å²) in [5, 5.41) is 3.68. The van der Waals surface area contributed by atoms with Crippen LogP contribution in [0, 0.1) is 0 Å². The third-order valence-corrected chi connectivity index (χ3v) is 3.35. The molecule has 0 atom stereocenters. The van der Waals surface area contributed by atoms with Gasteiger partial charge in [0.25, 0.3) is 5.56 Å². The first-order chi connectivity index (χ1) is 10.2. The van der Waals surface area contributed by atoms with Crippen LogP contribution in [0.2, 0.25) is 0 Å². The Labute approximate surface area is 123 Å². The van der Waals surface area contributed by atoms with Crippen molar-refractivity contribution >= 4 is 16.8 Å². The van der Waals surface area contributed by atoms with Crippen molar-refractivity contribution in [3.8, 4) is 0 Å². The number of nitrogens with zero attached hydrogens (tertiary/aromatic N) is 2. The second kappa shape index (κ2) is 7.08. The van der Waals surface area contributed by atoms with Gasteiger partial charge in [-0.15, -0.1) is 0 Å². The van der Waals surface area contributed by atoms with Gasteiger partial charge in [0, 0.05) is 44.0 Å². The fraction of sp³-hybridized carbons (Fsp3) is 0.467. The van der Waals surface area contributed by atoms with Crippen LogP contribution < -0.4 is 10.9 Å². The molecule has 0 unspecified atom stereocenters. The zero-order valence-electron chi connectivity index (χ0n) is 12.5. The summed E-state index contributed by atoms with van der Waals surface area (Å²) in [6.45, 7) is 6.02. The lowest BCUT2D eigenvalue weighted by atomic mass is 10.3. The first kappa shape index (κ1) is 15.3. The van der Waals surface area contributed by atoms with Crippen LogP contribution >= 0.6 is 0 Å². The van der Waals surface area contributed by atoms with E-state index in [4.69, 9.17) is 4.74 Å². The summed E-state index contributed by atoms with van der Waals surface area (Å²) in [4.78, 5) is 23.8. The fourth-order valence-electron chi connectivity index (χ4n) is 2.25. The van der Waals surface area contributed by atoms with Gasteiger partial charge in [0.1, 0.15) is 12.1 Å². The van der Waals surface area contributed by atoms with Gasteiger partial charge < -0.3 is 19.2 Å². The standard InChI is InChI=1S/C15H21N3O3/c1-3-17-8-5-12-6-9-18(15(20)14(12)17)10-7-16-13(19)11-21-4-2/h5-6,8-9H,3-4,7,10-11H2,1-2H3,(H,16,19). The van der Waals surface area contributed by atoms with Gasteiger partial charge in [-0.2, -0.15) is 0 Å². The second-order valence-electron chi connectivity index (χ2n) is 4.71. The van der Waals surface area contributed by atoms with E-state index in [0.29, 0.717) is 25.2 Å². The Kier molecular flexibility index (Phi) is 5.16. The van der Waals surface area contributed by atoms with Gasteiger partial charge in [-0.1, -0.05) is 0 Å². The molecular formula is C15H21N3O3. The molecule has 0 radical (unpaired) electrons. The Morgan fingerprint density at radius 1 is 1.24 bits per heavy atom. The summed E-state index contributed by atoms with van der Waals surface area (Å²) in [5.74, 6) is -0.164. The maximum Gasteiger partial charge on any atom is 0.275 e. The van der Waals surface area contributed by atoms with Crippen molar-refractivity contribution in [3.05, 3.63) is 34.9 Å². The number of amides is 1. The number of nitrogens with one attached hydrogen (secondary N) is 1. The summed E-state index contributed by atoms with van der Waals surface area (Å²) in [6.07, 6.45) is 3.68. The smallest absolute Gasteiger partial charge is 0.275 e. The number of aryl methyl sites for hydroxylation is 1. The van der Waals surface area contributed by atoms with E-state index >= 15 is 0 Å². The summed E-state index contributed by atoms with van der Waals surface area (Å²) in [5.41, 5.74) is 0.680. The third-order valence-electron chi connectivity index (χ3n) is 3.35. The largest absolute Gasteiger partial charge is 0.372 e.